The van der Waals surface area contributed by atoms with Crippen molar-refractivity contribution in [3.63, 3.8) is 0 Å². The van der Waals surface area contributed by atoms with Gasteiger partial charge in [0.1, 0.15) is 0 Å². The van der Waals surface area contributed by atoms with E-state index in [0.717, 1.165) is 0 Å². The maximum atomic E-state index is 3.47. The Morgan fingerprint density at radius 3 is 2.26 bits per heavy atom. The predicted molar refractivity (Wildman–Crippen MR) is 81.3 cm³/mol. The molecule has 2 aromatic carbocycles. The predicted octanol–water partition coefficient (Wildman–Crippen LogP) is 4.18. The van der Waals surface area contributed by atoms with Crippen LogP contribution in [0.4, 0.5) is 0 Å². The summed E-state index contributed by atoms with van der Waals surface area (Å²) < 4.78 is 0. The molecule has 1 N–H and O–H groups in total. The second-order valence-electron chi connectivity index (χ2n) is 5.71. The van der Waals surface area contributed by atoms with Gasteiger partial charge in [-0.2, -0.15) is 0 Å². The molecule has 0 aliphatic heterocycles. The van der Waals surface area contributed by atoms with Crippen LogP contribution in [0.15, 0.2) is 42.5 Å². The first-order valence-corrected chi connectivity index (χ1v) is 7.02. The first kappa shape index (κ1) is 12.4. The summed E-state index contributed by atoms with van der Waals surface area (Å²) in [7, 11) is 2.07. The molecule has 1 aliphatic carbocycles. The topological polar surface area (TPSA) is 12.0 Å². The van der Waals surface area contributed by atoms with E-state index in [4.69, 9.17) is 0 Å². The first-order chi connectivity index (χ1) is 9.14. The minimum absolute atomic E-state index is 0.246. The standard InChI is InChI=1S/C18H21N/c1-13-7-8-16(11-14(13)2)15-5-4-6-17(12-15)18(19-3)9-10-18/h4-8,11-12,19H,9-10H2,1-3H3. The number of aryl methyl sites for hydroxylation is 2. The Balaban J connectivity index is 2.01. The van der Waals surface area contributed by atoms with E-state index in [2.05, 4.69) is 68.7 Å². The van der Waals surface area contributed by atoms with Crippen LogP contribution in [0.5, 0.6) is 0 Å². The smallest absolute Gasteiger partial charge is 0.0434 e. The van der Waals surface area contributed by atoms with Crippen LogP contribution in [0.1, 0.15) is 29.5 Å². The highest BCUT2D eigenvalue weighted by atomic mass is 15.0. The summed E-state index contributed by atoms with van der Waals surface area (Å²) in [4.78, 5) is 0. The first-order valence-electron chi connectivity index (χ1n) is 7.02. The van der Waals surface area contributed by atoms with Crippen LogP contribution in [0.3, 0.4) is 0 Å². The molecule has 1 nitrogen and oxygen atoms in total. The molecule has 0 atom stereocenters. The van der Waals surface area contributed by atoms with Gasteiger partial charge in [-0.05, 0) is 67.6 Å². The molecule has 98 valence electrons. The molecule has 1 saturated carbocycles. The lowest BCUT2D eigenvalue weighted by molar-refractivity contribution is 0.586. The van der Waals surface area contributed by atoms with E-state index in [9.17, 15) is 0 Å². The minimum Gasteiger partial charge on any atom is -0.310 e. The molecule has 0 unspecified atom stereocenters. The lowest BCUT2D eigenvalue weighted by atomic mass is 9.96. The van der Waals surface area contributed by atoms with Crippen molar-refractivity contribution in [2.45, 2.75) is 32.2 Å². The van der Waals surface area contributed by atoms with Crippen LogP contribution < -0.4 is 5.32 Å². The average molecular weight is 251 g/mol. The van der Waals surface area contributed by atoms with E-state index in [-0.39, 0.29) is 5.54 Å². The fraction of sp³-hybridized carbons (Fsp3) is 0.333. The summed E-state index contributed by atoms with van der Waals surface area (Å²) in [6.45, 7) is 4.34. The zero-order valence-electron chi connectivity index (χ0n) is 12.0. The molecule has 0 heterocycles. The van der Waals surface area contributed by atoms with Gasteiger partial charge in [0.2, 0.25) is 0 Å². The molecule has 0 radical (unpaired) electrons. The minimum atomic E-state index is 0.246. The van der Waals surface area contributed by atoms with Gasteiger partial charge in [0.25, 0.3) is 0 Å². The van der Waals surface area contributed by atoms with E-state index in [1.807, 2.05) is 0 Å². The van der Waals surface area contributed by atoms with Crippen LogP contribution in [-0.2, 0) is 5.54 Å². The number of benzene rings is 2. The van der Waals surface area contributed by atoms with Gasteiger partial charge in [-0.15, -0.1) is 0 Å². The van der Waals surface area contributed by atoms with Crippen molar-refractivity contribution in [1.29, 1.82) is 0 Å². The second-order valence-corrected chi connectivity index (χ2v) is 5.71. The summed E-state index contributed by atoms with van der Waals surface area (Å²) in [6, 6.07) is 15.7. The number of hydrogen-bond donors (Lipinski definition) is 1. The molecule has 0 spiro atoms. The maximum Gasteiger partial charge on any atom is 0.0434 e. The summed E-state index contributed by atoms with van der Waals surface area (Å²) in [5.74, 6) is 0. The molecule has 1 fully saturated rings. The number of nitrogens with one attached hydrogen (secondary N) is 1. The summed E-state index contributed by atoms with van der Waals surface area (Å²) in [5, 5.41) is 3.47. The van der Waals surface area contributed by atoms with Crippen LogP contribution in [0, 0.1) is 13.8 Å². The molecule has 0 saturated heterocycles. The molecule has 0 bridgehead atoms. The number of hydrogen-bond acceptors (Lipinski definition) is 1. The Bertz CT molecular complexity index is 609. The van der Waals surface area contributed by atoms with E-state index in [0.29, 0.717) is 0 Å². The van der Waals surface area contributed by atoms with Crippen molar-refractivity contribution in [2.24, 2.45) is 0 Å². The molecular formula is C18H21N. The van der Waals surface area contributed by atoms with Crippen LogP contribution in [0.25, 0.3) is 11.1 Å². The molecule has 2 aromatic rings. The van der Waals surface area contributed by atoms with E-state index < -0.39 is 0 Å². The van der Waals surface area contributed by atoms with Crippen molar-refractivity contribution in [1.82, 2.24) is 5.32 Å². The van der Waals surface area contributed by atoms with Crippen molar-refractivity contribution in [3.8, 4) is 11.1 Å². The third-order valence-electron chi connectivity index (χ3n) is 4.48. The lowest BCUT2D eigenvalue weighted by Gasteiger charge is -2.16. The average Bonchev–Trinajstić information content (AvgIpc) is 3.23. The van der Waals surface area contributed by atoms with Crippen LogP contribution >= 0.6 is 0 Å². The second kappa shape index (κ2) is 4.50. The fourth-order valence-corrected chi connectivity index (χ4v) is 2.73. The molecule has 1 heteroatoms. The van der Waals surface area contributed by atoms with Gasteiger partial charge in [0.05, 0.1) is 0 Å². The van der Waals surface area contributed by atoms with Gasteiger partial charge < -0.3 is 5.32 Å². The zero-order valence-corrected chi connectivity index (χ0v) is 12.0. The van der Waals surface area contributed by atoms with Gasteiger partial charge in [-0.3, -0.25) is 0 Å². The molecule has 1 aliphatic rings. The Labute approximate surface area is 115 Å². The Kier molecular flexibility index (Phi) is 2.94. The van der Waals surface area contributed by atoms with Gasteiger partial charge in [0, 0.05) is 5.54 Å². The van der Waals surface area contributed by atoms with E-state index in [1.54, 1.807) is 0 Å². The highest BCUT2D eigenvalue weighted by Crippen LogP contribution is 2.45. The normalized spacial score (nSPS) is 16.4. The SMILES string of the molecule is CNC1(c2cccc(-c3ccc(C)c(C)c3)c2)CC1. The van der Waals surface area contributed by atoms with E-state index >= 15 is 0 Å². The lowest BCUT2D eigenvalue weighted by Crippen LogP contribution is -2.24. The highest BCUT2D eigenvalue weighted by Gasteiger charge is 2.42. The van der Waals surface area contributed by atoms with Crippen molar-refractivity contribution >= 4 is 0 Å². The molecule has 0 aromatic heterocycles. The third-order valence-corrected chi connectivity index (χ3v) is 4.48. The highest BCUT2D eigenvalue weighted by molar-refractivity contribution is 5.66. The maximum absolute atomic E-state index is 3.47. The van der Waals surface area contributed by atoms with Crippen molar-refractivity contribution in [3.05, 3.63) is 59.2 Å². The Morgan fingerprint density at radius 2 is 1.63 bits per heavy atom. The van der Waals surface area contributed by atoms with Gasteiger partial charge >= 0.3 is 0 Å². The largest absolute Gasteiger partial charge is 0.310 e. The van der Waals surface area contributed by atoms with Crippen molar-refractivity contribution in [2.75, 3.05) is 7.05 Å². The molecule has 3 rings (SSSR count). The fourth-order valence-electron chi connectivity index (χ4n) is 2.73. The Hall–Kier alpha value is -1.60. The van der Waals surface area contributed by atoms with Gasteiger partial charge in [0.15, 0.2) is 0 Å². The Morgan fingerprint density at radius 1 is 0.895 bits per heavy atom. The quantitative estimate of drug-likeness (QED) is 0.863. The molecule has 0 amide bonds. The third kappa shape index (κ3) is 2.19. The molecular weight excluding hydrogens is 230 g/mol. The molecule has 19 heavy (non-hydrogen) atoms. The van der Waals surface area contributed by atoms with E-state index in [1.165, 1.54) is 40.7 Å². The summed E-state index contributed by atoms with van der Waals surface area (Å²) in [5.41, 5.74) is 7.02. The van der Waals surface area contributed by atoms with Crippen molar-refractivity contribution < 1.29 is 0 Å². The van der Waals surface area contributed by atoms with Gasteiger partial charge in [-0.1, -0.05) is 36.4 Å². The van der Waals surface area contributed by atoms with Crippen LogP contribution in [0.2, 0.25) is 0 Å². The summed E-state index contributed by atoms with van der Waals surface area (Å²) >= 11 is 0. The van der Waals surface area contributed by atoms with Gasteiger partial charge in [-0.25, -0.2) is 0 Å². The zero-order chi connectivity index (χ0) is 13.5. The summed E-state index contributed by atoms with van der Waals surface area (Å²) in [6.07, 6.45) is 2.50. The monoisotopic (exact) mass is 251 g/mol. The number of rotatable bonds is 3. The van der Waals surface area contributed by atoms with Crippen LogP contribution in [-0.4, -0.2) is 7.05 Å².